The highest BCUT2D eigenvalue weighted by Crippen LogP contribution is 2.17. The Labute approximate surface area is 143 Å². The normalized spacial score (nSPS) is 19.0. The summed E-state index contributed by atoms with van der Waals surface area (Å²) < 4.78 is 5.26. The second kappa shape index (κ2) is 7.79. The van der Waals surface area contributed by atoms with E-state index in [4.69, 9.17) is 4.52 Å². The average molecular weight is 336 g/mol. The molecular weight excluding hydrogens is 308 g/mol. The van der Waals surface area contributed by atoms with E-state index in [2.05, 4.69) is 15.4 Å². The van der Waals surface area contributed by atoms with E-state index < -0.39 is 6.04 Å². The first-order valence-corrected chi connectivity index (χ1v) is 8.52. The van der Waals surface area contributed by atoms with Gasteiger partial charge in [-0.2, -0.15) is 0 Å². The highest BCUT2D eigenvalue weighted by molar-refractivity contribution is 5.88. The fraction of sp³-hybridized carbons (Fsp3) is 0.706. The van der Waals surface area contributed by atoms with Crippen molar-refractivity contribution in [2.24, 2.45) is 0 Å². The van der Waals surface area contributed by atoms with E-state index in [1.54, 1.807) is 11.9 Å². The van der Waals surface area contributed by atoms with E-state index in [1.165, 1.54) is 0 Å². The molecule has 1 fully saturated rings. The monoisotopic (exact) mass is 336 g/mol. The van der Waals surface area contributed by atoms with Crippen LogP contribution in [-0.2, 0) is 16.1 Å². The van der Waals surface area contributed by atoms with E-state index >= 15 is 0 Å². The molecule has 1 aromatic rings. The molecule has 0 saturated carbocycles. The van der Waals surface area contributed by atoms with Gasteiger partial charge in [0, 0.05) is 38.2 Å². The van der Waals surface area contributed by atoms with Crippen LogP contribution in [-0.4, -0.2) is 59.0 Å². The fourth-order valence-electron chi connectivity index (χ4n) is 2.89. The lowest BCUT2D eigenvalue weighted by atomic mass is 10.1. The molecule has 0 aromatic carbocycles. The third kappa shape index (κ3) is 4.35. The molecule has 24 heavy (non-hydrogen) atoms. The SMILES string of the molecule is CC(C)c1cc(CN(C)C(=O)C[C@H]2C(=O)NCCN2C(C)C)no1. The zero-order valence-electron chi connectivity index (χ0n) is 15.2. The van der Waals surface area contributed by atoms with Crippen LogP contribution in [0.1, 0.15) is 51.5 Å². The van der Waals surface area contributed by atoms with E-state index in [9.17, 15) is 9.59 Å². The number of carbonyl (C=O) groups excluding carboxylic acids is 2. The molecule has 1 aliphatic rings. The molecule has 134 valence electrons. The standard InChI is InChI=1S/C17H28N4O3/c1-11(2)15-8-13(19-24-15)10-20(5)16(22)9-14-17(23)18-6-7-21(14)12(3)4/h8,11-12,14H,6-7,9-10H2,1-5H3,(H,18,23)/t14-/m0/s1. The summed E-state index contributed by atoms with van der Waals surface area (Å²) in [5, 5.41) is 6.85. The lowest BCUT2D eigenvalue weighted by molar-refractivity contribution is -0.139. The van der Waals surface area contributed by atoms with Crippen LogP contribution in [0.4, 0.5) is 0 Å². The molecule has 1 aliphatic heterocycles. The number of carbonyl (C=O) groups is 2. The van der Waals surface area contributed by atoms with E-state index in [1.807, 2.05) is 33.8 Å². The topological polar surface area (TPSA) is 78.7 Å². The minimum atomic E-state index is -0.405. The molecule has 2 amide bonds. The first kappa shape index (κ1) is 18.4. The molecule has 7 nitrogen and oxygen atoms in total. The van der Waals surface area contributed by atoms with Crippen molar-refractivity contribution >= 4 is 11.8 Å². The van der Waals surface area contributed by atoms with Gasteiger partial charge in [0.25, 0.3) is 0 Å². The Morgan fingerprint density at radius 2 is 2.17 bits per heavy atom. The number of piperazine rings is 1. The Morgan fingerprint density at radius 1 is 1.46 bits per heavy atom. The van der Waals surface area contributed by atoms with Crippen LogP contribution in [0.3, 0.4) is 0 Å². The van der Waals surface area contributed by atoms with Gasteiger partial charge >= 0.3 is 0 Å². The number of aromatic nitrogens is 1. The Kier molecular flexibility index (Phi) is 5.99. The van der Waals surface area contributed by atoms with Crippen molar-refractivity contribution in [3.8, 4) is 0 Å². The first-order valence-electron chi connectivity index (χ1n) is 8.52. The predicted molar refractivity (Wildman–Crippen MR) is 90.3 cm³/mol. The van der Waals surface area contributed by atoms with Gasteiger partial charge in [-0.05, 0) is 13.8 Å². The minimum Gasteiger partial charge on any atom is -0.361 e. The number of hydrogen-bond acceptors (Lipinski definition) is 5. The Balaban J connectivity index is 1.97. The van der Waals surface area contributed by atoms with Crippen LogP contribution < -0.4 is 5.32 Å². The smallest absolute Gasteiger partial charge is 0.237 e. The molecule has 1 saturated heterocycles. The molecule has 0 spiro atoms. The van der Waals surface area contributed by atoms with Gasteiger partial charge in [-0.25, -0.2) is 0 Å². The highest BCUT2D eigenvalue weighted by atomic mass is 16.5. The first-order chi connectivity index (χ1) is 11.3. The molecular formula is C17H28N4O3. The van der Waals surface area contributed by atoms with Gasteiger partial charge in [0.05, 0.1) is 19.0 Å². The second-order valence-electron chi connectivity index (χ2n) is 6.97. The number of nitrogens with one attached hydrogen (secondary N) is 1. The summed E-state index contributed by atoms with van der Waals surface area (Å²) in [7, 11) is 1.73. The molecule has 0 aliphatic carbocycles. The van der Waals surface area contributed by atoms with Crippen LogP contribution >= 0.6 is 0 Å². The highest BCUT2D eigenvalue weighted by Gasteiger charge is 2.33. The predicted octanol–water partition coefficient (Wildman–Crippen LogP) is 1.36. The Hall–Kier alpha value is -1.89. The lowest BCUT2D eigenvalue weighted by Crippen LogP contribution is -2.58. The number of amides is 2. The molecule has 0 radical (unpaired) electrons. The van der Waals surface area contributed by atoms with Gasteiger partial charge in [-0.1, -0.05) is 19.0 Å². The maximum atomic E-state index is 12.5. The van der Waals surface area contributed by atoms with Crippen LogP contribution in [0.5, 0.6) is 0 Å². The van der Waals surface area contributed by atoms with Crippen molar-refractivity contribution < 1.29 is 14.1 Å². The Morgan fingerprint density at radius 3 is 2.75 bits per heavy atom. The van der Waals surface area contributed by atoms with Crippen molar-refractivity contribution in [2.45, 2.75) is 58.7 Å². The molecule has 1 atom stereocenters. The van der Waals surface area contributed by atoms with Crippen LogP contribution in [0.25, 0.3) is 0 Å². The van der Waals surface area contributed by atoms with Crippen molar-refractivity contribution in [1.82, 2.24) is 20.3 Å². The fourth-order valence-corrected chi connectivity index (χ4v) is 2.89. The molecule has 0 bridgehead atoms. The zero-order chi connectivity index (χ0) is 17.9. The van der Waals surface area contributed by atoms with Crippen molar-refractivity contribution in [3.05, 3.63) is 17.5 Å². The lowest BCUT2D eigenvalue weighted by Gasteiger charge is -2.38. The van der Waals surface area contributed by atoms with Crippen LogP contribution in [0.15, 0.2) is 10.6 Å². The van der Waals surface area contributed by atoms with Gasteiger partial charge in [0.2, 0.25) is 11.8 Å². The maximum absolute atomic E-state index is 12.5. The number of nitrogens with zero attached hydrogens (tertiary/aromatic N) is 3. The molecule has 1 N–H and O–H groups in total. The molecule has 2 rings (SSSR count). The van der Waals surface area contributed by atoms with Gasteiger partial charge in [0.15, 0.2) is 0 Å². The van der Waals surface area contributed by atoms with Gasteiger partial charge in [0.1, 0.15) is 11.5 Å². The largest absolute Gasteiger partial charge is 0.361 e. The van der Waals surface area contributed by atoms with Crippen molar-refractivity contribution in [2.75, 3.05) is 20.1 Å². The second-order valence-corrected chi connectivity index (χ2v) is 6.97. The Bertz CT molecular complexity index is 582. The molecule has 1 aromatic heterocycles. The van der Waals surface area contributed by atoms with Gasteiger partial charge < -0.3 is 14.7 Å². The van der Waals surface area contributed by atoms with Gasteiger partial charge in [-0.3, -0.25) is 14.5 Å². The average Bonchev–Trinajstić information content (AvgIpc) is 2.97. The summed E-state index contributed by atoms with van der Waals surface area (Å²) in [6.45, 7) is 9.93. The summed E-state index contributed by atoms with van der Waals surface area (Å²) in [5.74, 6) is 0.929. The quantitative estimate of drug-likeness (QED) is 0.848. The summed E-state index contributed by atoms with van der Waals surface area (Å²) in [5.41, 5.74) is 0.725. The maximum Gasteiger partial charge on any atom is 0.237 e. The third-order valence-electron chi connectivity index (χ3n) is 4.37. The molecule has 7 heteroatoms. The molecule has 0 unspecified atom stereocenters. The summed E-state index contributed by atoms with van der Waals surface area (Å²) >= 11 is 0. The van der Waals surface area contributed by atoms with Crippen LogP contribution in [0.2, 0.25) is 0 Å². The number of rotatable bonds is 6. The van der Waals surface area contributed by atoms with Crippen molar-refractivity contribution in [3.63, 3.8) is 0 Å². The number of hydrogen-bond donors (Lipinski definition) is 1. The summed E-state index contributed by atoms with van der Waals surface area (Å²) in [6, 6.07) is 1.70. The van der Waals surface area contributed by atoms with E-state index in [0.29, 0.717) is 13.1 Å². The van der Waals surface area contributed by atoms with Crippen molar-refractivity contribution in [1.29, 1.82) is 0 Å². The van der Waals surface area contributed by atoms with Crippen LogP contribution in [0, 0.1) is 0 Å². The molecule has 2 heterocycles. The zero-order valence-corrected chi connectivity index (χ0v) is 15.2. The van der Waals surface area contributed by atoms with E-state index in [0.717, 1.165) is 18.0 Å². The summed E-state index contributed by atoms with van der Waals surface area (Å²) in [4.78, 5) is 28.4. The third-order valence-corrected chi connectivity index (χ3v) is 4.37. The van der Waals surface area contributed by atoms with Gasteiger partial charge in [-0.15, -0.1) is 0 Å². The minimum absolute atomic E-state index is 0.0692. The summed E-state index contributed by atoms with van der Waals surface area (Å²) in [6.07, 6.45) is 0.176. The van der Waals surface area contributed by atoms with E-state index in [-0.39, 0.29) is 30.2 Å².